The molecule has 1 aromatic heterocycles. The first-order valence-electron chi connectivity index (χ1n) is 4.28. The smallest absolute Gasteiger partial charge is 0.171 e. The fourth-order valence-electron chi connectivity index (χ4n) is 1.02. The summed E-state index contributed by atoms with van der Waals surface area (Å²) in [7, 11) is 1.84. The van der Waals surface area contributed by atoms with Gasteiger partial charge in [-0.1, -0.05) is 5.92 Å². The summed E-state index contributed by atoms with van der Waals surface area (Å²) in [6.45, 7) is 0.827. The average molecular weight is 210 g/mol. The van der Waals surface area contributed by atoms with Crippen molar-refractivity contribution in [3.63, 3.8) is 0 Å². The SMILES string of the molecule is C#CCSCCNc1nn(C)cc1N. The number of anilines is 2. The molecular formula is C9H14N4S. The summed E-state index contributed by atoms with van der Waals surface area (Å²) in [5.74, 6) is 5.02. The Labute approximate surface area is 88.2 Å². The highest BCUT2D eigenvalue weighted by Crippen LogP contribution is 2.13. The average Bonchev–Trinajstić information content (AvgIpc) is 2.45. The van der Waals surface area contributed by atoms with E-state index < -0.39 is 0 Å². The van der Waals surface area contributed by atoms with Gasteiger partial charge in [0, 0.05) is 25.5 Å². The maximum Gasteiger partial charge on any atom is 0.171 e. The topological polar surface area (TPSA) is 55.9 Å². The van der Waals surface area contributed by atoms with Crippen LogP contribution < -0.4 is 11.1 Å². The highest BCUT2D eigenvalue weighted by atomic mass is 32.2. The van der Waals surface area contributed by atoms with E-state index in [0.717, 1.165) is 23.9 Å². The van der Waals surface area contributed by atoms with E-state index in [0.29, 0.717) is 5.69 Å². The van der Waals surface area contributed by atoms with Crippen LogP contribution in [-0.4, -0.2) is 27.8 Å². The molecule has 0 aromatic carbocycles. The number of aryl methyl sites for hydroxylation is 1. The minimum Gasteiger partial charge on any atom is -0.394 e. The van der Waals surface area contributed by atoms with Crippen LogP contribution in [0.25, 0.3) is 0 Å². The predicted octanol–water partition coefficient (Wildman–Crippen LogP) is 0.781. The molecule has 0 unspecified atom stereocenters. The molecule has 0 amide bonds. The van der Waals surface area contributed by atoms with Gasteiger partial charge in [-0.3, -0.25) is 4.68 Å². The zero-order valence-electron chi connectivity index (χ0n) is 8.16. The van der Waals surface area contributed by atoms with Crippen molar-refractivity contribution >= 4 is 23.3 Å². The van der Waals surface area contributed by atoms with Gasteiger partial charge in [0.05, 0.1) is 11.4 Å². The lowest BCUT2D eigenvalue weighted by Crippen LogP contribution is -2.06. The molecule has 0 aliphatic rings. The molecule has 0 saturated carbocycles. The maximum absolute atomic E-state index is 5.70. The Bertz CT molecular complexity index is 326. The van der Waals surface area contributed by atoms with Gasteiger partial charge in [0.15, 0.2) is 5.82 Å². The van der Waals surface area contributed by atoms with Gasteiger partial charge in [0.2, 0.25) is 0 Å². The number of hydrogen-bond acceptors (Lipinski definition) is 4. The van der Waals surface area contributed by atoms with Crippen molar-refractivity contribution in [2.24, 2.45) is 7.05 Å². The number of nitrogens with two attached hydrogens (primary N) is 1. The van der Waals surface area contributed by atoms with Crippen molar-refractivity contribution in [2.75, 3.05) is 29.1 Å². The van der Waals surface area contributed by atoms with E-state index in [1.165, 1.54) is 0 Å². The first-order valence-corrected chi connectivity index (χ1v) is 5.43. The Morgan fingerprint density at radius 3 is 3.14 bits per heavy atom. The van der Waals surface area contributed by atoms with Crippen LogP contribution in [0, 0.1) is 12.3 Å². The predicted molar refractivity (Wildman–Crippen MR) is 62.3 cm³/mol. The molecule has 3 N–H and O–H groups in total. The molecule has 0 spiro atoms. The molecule has 1 rings (SSSR count). The Kier molecular flexibility index (Phi) is 4.20. The van der Waals surface area contributed by atoms with Crippen molar-refractivity contribution in [3.8, 4) is 12.3 Å². The summed E-state index contributed by atoms with van der Waals surface area (Å²) >= 11 is 1.71. The molecule has 76 valence electrons. The van der Waals surface area contributed by atoms with Crippen molar-refractivity contribution in [3.05, 3.63) is 6.20 Å². The van der Waals surface area contributed by atoms with Crippen molar-refractivity contribution < 1.29 is 0 Å². The summed E-state index contributed by atoms with van der Waals surface area (Å²) in [4.78, 5) is 0. The number of hydrogen-bond donors (Lipinski definition) is 2. The van der Waals surface area contributed by atoms with Gasteiger partial charge in [0.1, 0.15) is 0 Å². The quantitative estimate of drug-likeness (QED) is 0.557. The van der Waals surface area contributed by atoms with Gasteiger partial charge in [-0.05, 0) is 0 Å². The van der Waals surface area contributed by atoms with Gasteiger partial charge < -0.3 is 11.1 Å². The summed E-state index contributed by atoms with van der Waals surface area (Å²) in [5.41, 5.74) is 6.37. The third-order valence-electron chi connectivity index (χ3n) is 1.58. The standard InChI is InChI=1S/C9H14N4S/c1-3-5-14-6-4-11-9-8(10)7-13(2)12-9/h1,7H,4-6,10H2,2H3,(H,11,12). The number of thioether (sulfide) groups is 1. The molecule has 0 atom stereocenters. The van der Waals surface area contributed by atoms with Crippen molar-refractivity contribution in [1.29, 1.82) is 0 Å². The minimum absolute atomic E-state index is 0.675. The number of aromatic nitrogens is 2. The van der Waals surface area contributed by atoms with E-state index in [2.05, 4.69) is 16.3 Å². The Morgan fingerprint density at radius 1 is 1.79 bits per heavy atom. The monoisotopic (exact) mass is 210 g/mol. The van der Waals surface area contributed by atoms with E-state index in [9.17, 15) is 0 Å². The van der Waals surface area contributed by atoms with Gasteiger partial charge in [-0.15, -0.1) is 18.2 Å². The zero-order valence-corrected chi connectivity index (χ0v) is 8.97. The van der Waals surface area contributed by atoms with Gasteiger partial charge in [-0.2, -0.15) is 5.10 Å². The number of rotatable bonds is 5. The molecule has 5 heteroatoms. The highest BCUT2D eigenvalue weighted by Gasteiger charge is 2.01. The molecule has 1 heterocycles. The summed E-state index contributed by atoms with van der Waals surface area (Å²) < 4.78 is 1.69. The number of nitrogens with one attached hydrogen (secondary N) is 1. The molecular weight excluding hydrogens is 196 g/mol. The molecule has 0 aliphatic heterocycles. The van der Waals surface area contributed by atoms with E-state index in [4.69, 9.17) is 12.2 Å². The van der Waals surface area contributed by atoms with E-state index in [-0.39, 0.29) is 0 Å². The Hall–Kier alpha value is -1.28. The molecule has 1 aromatic rings. The highest BCUT2D eigenvalue weighted by molar-refractivity contribution is 7.99. The second-order valence-electron chi connectivity index (χ2n) is 2.79. The zero-order chi connectivity index (χ0) is 10.4. The Balaban J connectivity index is 2.25. The van der Waals surface area contributed by atoms with E-state index >= 15 is 0 Å². The lowest BCUT2D eigenvalue weighted by molar-refractivity contribution is 0.769. The minimum atomic E-state index is 0.675. The van der Waals surface area contributed by atoms with Crippen molar-refractivity contribution in [2.45, 2.75) is 0 Å². The van der Waals surface area contributed by atoms with Crippen LogP contribution in [-0.2, 0) is 7.05 Å². The normalized spacial score (nSPS) is 9.71. The summed E-state index contributed by atoms with van der Waals surface area (Å²) in [6, 6.07) is 0. The number of nitrogens with zero attached hydrogens (tertiary/aromatic N) is 2. The first kappa shape index (κ1) is 10.8. The van der Waals surface area contributed by atoms with Gasteiger partial charge in [0.25, 0.3) is 0 Å². The molecule has 0 radical (unpaired) electrons. The third-order valence-corrected chi connectivity index (χ3v) is 2.44. The van der Waals surface area contributed by atoms with Crippen LogP contribution in [0.1, 0.15) is 0 Å². The molecule has 0 aliphatic carbocycles. The van der Waals surface area contributed by atoms with E-state index in [1.54, 1.807) is 22.6 Å². The van der Waals surface area contributed by atoms with Crippen LogP contribution in [0.4, 0.5) is 11.5 Å². The maximum atomic E-state index is 5.70. The molecule has 0 saturated heterocycles. The van der Waals surface area contributed by atoms with E-state index in [1.807, 2.05) is 7.05 Å². The van der Waals surface area contributed by atoms with Gasteiger partial charge in [-0.25, -0.2) is 0 Å². The second kappa shape index (κ2) is 5.45. The van der Waals surface area contributed by atoms with Crippen LogP contribution in [0.15, 0.2) is 6.20 Å². The second-order valence-corrected chi connectivity index (χ2v) is 3.90. The van der Waals surface area contributed by atoms with Crippen LogP contribution in [0.5, 0.6) is 0 Å². The lowest BCUT2D eigenvalue weighted by atomic mass is 10.5. The molecule has 0 bridgehead atoms. The third kappa shape index (κ3) is 3.23. The largest absolute Gasteiger partial charge is 0.394 e. The first-order chi connectivity index (χ1) is 6.74. The molecule has 0 fully saturated rings. The van der Waals surface area contributed by atoms with Crippen molar-refractivity contribution in [1.82, 2.24) is 9.78 Å². The number of nitrogen functional groups attached to an aromatic ring is 1. The fraction of sp³-hybridized carbons (Fsp3) is 0.444. The fourth-order valence-corrected chi connectivity index (χ4v) is 1.53. The van der Waals surface area contributed by atoms with Crippen LogP contribution >= 0.6 is 11.8 Å². The summed E-state index contributed by atoms with van der Waals surface area (Å²) in [6.07, 6.45) is 6.90. The van der Waals surface area contributed by atoms with Crippen LogP contribution in [0.3, 0.4) is 0 Å². The molecule has 14 heavy (non-hydrogen) atoms. The lowest BCUT2D eigenvalue weighted by Gasteiger charge is -2.01. The number of terminal acetylenes is 1. The molecule has 4 nitrogen and oxygen atoms in total. The summed E-state index contributed by atoms with van der Waals surface area (Å²) in [5, 5.41) is 7.31. The van der Waals surface area contributed by atoms with Gasteiger partial charge >= 0.3 is 0 Å². The Morgan fingerprint density at radius 2 is 2.57 bits per heavy atom. The van der Waals surface area contributed by atoms with Crippen LogP contribution in [0.2, 0.25) is 0 Å².